The molecular formula is C18H18ClN3O3S. The molecule has 1 fully saturated rings. The third-order valence-electron chi connectivity index (χ3n) is 4.03. The van der Waals surface area contributed by atoms with Gasteiger partial charge in [0, 0.05) is 23.7 Å². The predicted octanol–water partition coefficient (Wildman–Crippen LogP) is 2.89. The van der Waals surface area contributed by atoms with Crippen LogP contribution < -0.4 is 5.43 Å². The second-order valence-electron chi connectivity index (χ2n) is 5.89. The minimum Gasteiger partial charge on any atom is -0.267 e. The smallest absolute Gasteiger partial charge is 0.267 e. The van der Waals surface area contributed by atoms with E-state index in [1.165, 1.54) is 22.7 Å². The minimum absolute atomic E-state index is 0.117. The molecule has 0 saturated carbocycles. The van der Waals surface area contributed by atoms with Crippen LogP contribution in [-0.4, -0.2) is 37.9 Å². The van der Waals surface area contributed by atoms with Gasteiger partial charge in [-0.3, -0.25) is 4.79 Å². The number of benzene rings is 2. The Balaban J connectivity index is 1.72. The van der Waals surface area contributed by atoms with E-state index in [1.807, 2.05) is 0 Å². The number of halogens is 1. The van der Waals surface area contributed by atoms with Crippen molar-refractivity contribution in [3.05, 3.63) is 64.7 Å². The van der Waals surface area contributed by atoms with Gasteiger partial charge >= 0.3 is 0 Å². The van der Waals surface area contributed by atoms with E-state index in [4.69, 9.17) is 11.6 Å². The van der Waals surface area contributed by atoms with Gasteiger partial charge in [-0.1, -0.05) is 29.8 Å². The molecule has 2 aromatic carbocycles. The van der Waals surface area contributed by atoms with E-state index < -0.39 is 15.9 Å². The van der Waals surface area contributed by atoms with Crippen molar-refractivity contribution in [1.29, 1.82) is 0 Å². The number of nitrogens with one attached hydrogen (secondary N) is 1. The lowest BCUT2D eigenvalue weighted by molar-refractivity contribution is 0.0955. The van der Waals surface area contributed by atoms with Gasteiger partial charge in [0.2, 0.25) is 10.0 Å². The van der Waals surface area contributed by atoms with Crippen molar-refractivity contribution in [3.63, 3.8) is 0 Å². The van der Waals surface area contributed by atoms with Gasteiger partial charge in [-0.2, -0.15) is 9.41 Å². The van der Waals surface area contributed by atoms with Crippen LogP contribution in [0.25, 0.3) is 0 Å². The molecule has 0 aliphatic carbocycles. The zero-order valence-electron chi connectivity index (χ0n) is 13.9. The molecule has 2 aromatic rings. The van der Waals surface area contributed by atoms with Crippen molar-refractivity contribution in [3.8, 4) is 0 Å². The average Bonchev–Trinajstić information content (AvgIpc) is 3.17. The van der Waals surface area contributed by atoms with Crippen molar-refractivity contribution in [2.75, 3.05) is 13.1 Å². The number of rotatable bonds is 5. The maximum atomic E-state index is 12.6. The van der Waals surface area contributed by atoms with Crippen molar-refractivity contribution in [2.45, 2.75) is 17.7 Å². The molecule has 6 nitrogen and oxygen atoms in total. The molecule has 0 radical (unpaired) electrons. The molecule has 0 spiro atoms. The molecule has 1 N–H and O–H groups in total. The minimum atomic E-state index is -3.56. The van der Waals surface area contributed by atoms with Crippen LogP contribution in [0, 0.1) is 0 Å². The Morgan fingerprint density at radius 1 is 1.12 bits per heavy atom. The standard InChI is InChI=1S/C18H18ClN3O3S/c19-16-7-3-5-14(11-16)13-20-21-18(23)15-6-4-8-17(12-15)26(24,25)22-9-1-2-10-22/h3-8,11-13H,1-2,9-10H2,(H,21,23)/b20-13-. The van der Waals surface area contributed by atoms with E-state index in [0.29, 0.717) is 18.1 Å². The lowest BCUT2D eigenvalue weighted by Gasteiger charge is -2.15. The average molecular weight is 392 g/mol. The van der Waals surface area contributed by atoms with E-state index in [1.54, 1.807) is 36.4 Å². The van der Waals surface area contributed by atoms with E-state index in [9.17, 15) is 13.2 Å². The summed E-state index contributed by atoms with van der Waals surface area (Å²) in [6.45, 7) is 1.03. The predicted molar refractivity (Wildman–Crippen MR) is 101 cm³/mol. The third-order valence-corrected chi connectivity index (χ3v) is 6.16. The van der Waals surface area contributed by atoms with Gasteiger partial charge in [0.15, 0.2) is 0 Å². The maximum absolute atomic E-state index is 12.6. The van der Waals surface area contributed by atoms with Gasteiger partial charge in [0.1, 0.15) is 0 Å². The van der Waals surface area contributed by atoms with Gasteiger partial charge < -0.3 is 0 Å². The second-order valence-corrected chi connectivity index (χ2v) is 8.27. The number of amides is 1. The molecule has 1 aliphatic rings. The van der Waals surface area contributed by atoms with Crippen LogP contribution in [0.4, 0.5) is 0 Å². The monoisotopic (exact) mass is 391 g/mol. The summed E-state index contributed by atoms with van der Waals surface area (Å²) in [5.41, 5.74) is 3.36. The van der Waals surface area contributed by atoms with Gasteiger partial charge in [0.25, 0.3) is 5.91 Å². The number of carbonyl (C=O) groups is 1. The number of nitrogens with zero attached hydrogens (tertiary/aromatic N) is 2. The van der Waals surface area contributed by atoms with Crippen LogP contribution in [0.3, 0.4) is 0 Å². The Morgan fingerprint density at radius 2 is 1.85 bits per heavy atom. The Labute approximate surface area is 157 Å². The molecule has 0 atom stereocenters. The number of hydrogen-bond acceptors (Lipinski definition) is 4. The largest absolute Gasteiger partial charge is 0.271 e. The molecule has 26 heavy (non-hydrogen) atoms. The Hall–Kier alpha value is -2.22. The van der Waals surface area contributed by atoms with E-state index in [-0.39, 0.29) is 10.5 Å². The number of carbonyl (C=O) groups excluding carboxylic acids is 1. The first-order chi connectivity index (χ1) is 12.5. The van der Waals surface area contributed by atoms with Crippen LogP contribution in [0.15, 0.2) is 58.5 Å². The van der Waals surface area contributed by atoms with Crippen molar-refractivity contribution >= 4 is 33.7 Å². The van der Waals surface area contributed by atoms with Crippen molar-refractivity contribution < 1.29 is 13.2 Å². The molecule has 136 valence electrons. The SMILES string of the molecule is O=C(N/N=C\c1cccc(Cl)c1)c1cccc(S(=O)(=O)N2CCCC2)c1. The quantitative estimate of drug-likeness (QED) is 0.628. The first-order valence-corrected chi connectivity index (χ1v) is 9.98. The molecule has 1 heterocycles. The lowest BCUT2D eigenvalue weighted by Crippen LogP contribution is -2.28. The van der Waals surface area contributed by atoms with Crippen LogP contribution in [0.2, 0.25) is 5.02 Å². The normalized spacial score (nSPS) is 15.4. The summed E-state index contributed by atoms with van der Waals surface area (Å²) < 4.78 is 26.6. The van der Waals surface area contributed by atoms with E-state index in [2.05, 4.69) is 10.5 Å². The highest BCUT2D eigenvalue weighted by molar-refractivity contribution is 7.89. The Bertz CT molecular complexity index is 938. The molecule has 1 amide bonds. The number of hydrogen-bond donors (Lipinski definition) is 1. The van der Waals surface area contributed by atoms with Gasteiger partial charge in [-0.05, 0) is 48.7 Å². The first-order valence-electron chi connectivity index (χ1n) is 8.16. The highest BCUT2D eigenvalue weighted by Crippen LogP contribution is 2.21. The molecule has 3 rings (SSSR count). The second kappa shape index (κ2) is 7.99. The zero-order valence-corrected chi connectivity index (χ0v) is 15.5. The van der Waals surface area contributed by atoms with E-state index >= 15 is 0 Å². The fourth-order valence-electron chi connectivity index (χ4n) is 2.69. The van der Waals surface area contributed by atoms with Gasteiger partial charge in [-0.15, -0.1) is 0 Å². The fourth-order valence-corrected chi connectivity index (χ4v) is 4.45. The van der Waals surface area contributed by atoms with Crippen LogP contribution in [0.1, 0.15) is 28.8 Å². The highest BCUT2D eigenvalue weighted by atomic mass is 35.5. The Morgan fingerprint density at radius 3 is 2.58 bits per heavy atom. The fraction of sp³-hybridized carbons (Fsp3) is 0.222. The summed E-state index contributed by atoms with van der Waals surface area (Å²) in [4.78, 5) is 12.4. The Kier molecular flexibility index (Phi) is 5.70. The van der Waals surface area contributed by atoms with E-state index in [0.717, 1.165) is 18.4 Å². The molecular weight excluding hydrogens is 374 g/mol. The molecule has 0 bridgehead atoms. The summed E-state index contributed by atoms with van der Waals surface area (Å²) >= 11 is 5.89. The van der Waals surface area contributed by atoms with Gasteiger partial charge in [-0.25, -0.2) is 13.8 Å². The maximum Gasteiger partial charge on any atom is 0.271 e. The van der Waals surface area contributed by atoms with Crippen LogP contribution in [-0.2, 0) is 10.0 Å². The number of sulfonamides is 1. The summed E-state index contributed by atoms with van der Waals surface area (Å²) in [5.74, 6) is -0.484. The summed E-state index contributed by atoms with van der Waals surface area (Å²) in [5, 5.41) is 4.45. The molecule has 1 saturated heterocycles. The lowest BCUT2D eigenvalue weighted by atomic mass is 10.2. The molecule has 8 heteroatoms. The topological polar surface area (TPSA) is 78.8 Å². The summed E-state index contributed by atoms with van der Waals surface area (Å²) in [6, 6.07) is 13.0. The summed E-state index contributed by atoms with van der Waals surface area (Å²) in [6.07, 6.45) is 3.18. The van der Waals surface area contributed by atoms with Gasteiger partial charge in [0.05, 0.1) is 11.1 Å². The molecule has 1 aliphatic heterocycles. The molecule has 0 aromatic heterocycles. The highest BCUT2D eigenvalue weighted by Gasteiger charge is 2.27. The third kappa shape index (κ3) is 4.30. The first kappa shape index (κ1) is 18.6. The van der Waals surface area contributed by atoms with Crippen molar-refractivity contribution in [2.24, 2.45) is 5.10 Å². The zero-order chi connectivity index (χ0) is 18.6. The summed E-state index contributed by atoms with van der Waals surface area (Å²) in [7, 11) is -3.56. The number of hydrazone groups is 1. The van der Waals surface area contributed by atoms with Crippen molar-refractivity contribution in [1.82, 2.24) is 9.73 Å². The molecule has 0 unspecified atom stereocenters. The van der Waals surface area contributed by atoms with Crippen LogP contribution in [0.5, 0.6) is 0 Å². The van der Waals surface area contributed by atoms with Crippen LogP contribution >= 0.6 is 11.6 Å².